The van der Waals surface area contributed by atoms with E-state index in [1.54, 1.807) is 4.57 Å². The van der Waals surface area contributed by atoms with Crippen molar-refractivity contribution in [1.82, 2.24) is 14.8 Å². The van der Waals surface area contributed by atoms with Gasteiger partial charge in [0.1, 0.15) is 0 Å². The number of hydrogen-bond acceptors (Lipinski definition) is 4. The van der Waals surface area contributed by atoms with Gasteiger partial charge in [0.15, 0.2) is 0 Å². The van der Waals surface area contributed by atoms with Gasteiger partial charge in [0, 0.05) is 49.1 Å². The summed E-state index contributed by atoms with van der Waals surface area (Å²) in [6.07, 6.45) is 7.65. The molecule has 2 aliphatic rings. The summed E-state index contributed by atoms with van der Waals surface area (Å²) >= 11 is 1.17. The first-order valence-corrected chi connectivity index (χ1v) is 10.7. The van der Waals surface area contributed by atoms with Crippen molar-refractivity contribution in [1.29, 1.82) is 0 Å². The van der Waals surface area contributed by atoms with Gasteiger partial charge in [-0.15, -0.1) is 0 Å². The summed E-state index contributed by atoms with van der Waals surface area (Å²) < 4.78 is 1.65. The Morgan fingerprint density at radius 2 is 1.85 bits per heavy atom. The largest absolute Gasteiger partial charge is 0.353 e. The lowest BCUT2D eigenvalue weighted by Crippen LogP contribution is -2.48. The lowest BCUT2D eigenvalue weighted by Gasteiger charge is -2.35. The van der Waals surface area contributed by atoms with Gasteiger partial charge in [-0.25, -0.2) is 0 Å². The van der Waals surface area contributed by atoms with E-state index in [1.807, 2.05) is 17.2 Å². The third kappa shape index (κ3) is 4.75. The van der Waals surface area contributed by atoms with Gasteiger partial charge in [-0.3, -0.25) is 14.4 Å². The van der Waals surface area contributed by atoms with Crippen LogP contribution in [-0.4, -0.2) is 40.4 Å². The molecule has 1 aromatic rings. The van der Waals surface area contributed by atoms with Crippen molar-refractivity contribution in [3.63, 3.8) is 0 Å². The number of piperidine rings is 1. The highest BCUT2D eigenvalue weighted by molar-refractivity contribution is 7.07. The minimum Gasteiger partial charge on any atom is -0.353 e. The zero-order valence-electron chi connectivity index (χ0n) is 15.5. The third-order valence-corrected chi connectivity index (χ3v) is 6.55. The van der Waals surface area contributed by atoms with Crippen molar-refractivity contribution < 1.29 is 9.59 Å². The lowest BCUT2D eigenvalue weighted by molar-refractivity contribution is -0.137. The van der Waals surface area contributed by atoms with Crippen LogP contribution in [0.3, 0.4) is 0 Å². The molecule has 0 aromatic carbocycles. The number of nitrogens with zero attached hydrogens (tertiary/aromatic N) is 2. The normalized spacial score (nSPS) is 19.5. The maximum atomic E-state index is 12.6. The molecule has 0 spiro atoms. The smallest absolute Gasteiger partial charge is 0.307 e. The molecule has 0 radical (unpaired) electrons. The summed E-state index contributed by atoms with van der Waals surface area (Å²) in [6.45, 7) is 3.79. The van der Waals surface area contributed by atoms with E-state index in [0.717, 1.165) is 44.5 Å². The summed E-state index contributed by atoms with van der Waals surface area (Å²) in [4.78, 5) is 38.4. The summed E-state index contributed by atoms with van der Waals surface area (Å²) in [5, 5.41) is 4.89. The Bertz CT molecular complexity index is 682. The molecule has 1 saturated carbocycles. The van der Waals surface area contributed by atoms with Gasteiger partial charge in [-0.05, 0) is 32.6 Å². The molecule has 3 rings (SSSR count). The summed E-state index contributed by atoms with van der Waals surface area (Å²) in [5.74, 6) is 0.531. The summed E-state index contributed by atoms with van der Waals surface area (Å²) in [7, 11) is 0. The van der Waals surface area contributed by atoms with Crippen LogP contribution in [0.5, 0.6) is 0 Å². The average Bonchev–Trinajstić information content (AvgIpc) is 2.98. The van der Waals surface area contributed by atoms with Crippen molar-refractivity contribution in [2.75, 3.05) is 13.1 Å². The van der Waals surface area contributed by atoms with E-state index in [9.17, 15) is 14.4 Å². The molecule has 2 fully saturated rings. The van der Waals surface area contributed by atoms with Gasteiger partial charge < -0.3 is 14.8 Å². The fourth-order valence-corrected chi connectivity index (χ4v) is 4.80. The van der Waals surface area contributed by atoms with E-state index in [4.69, 9.17) is 0 Å². The van der Waals surface area contributed by atoms with Crippen LogP contribution in [0.4, 0.5) is 0 Å². The Morgan fingerprint density at radius 3 is 2.46 bits per heavy atom. The highest BCUT2D eigenvalue weighted by Gasteiger charge is 2.29. The van der Waals surface area contributed by atoms with Crippen LogP contribution in [0, 0.1) is 12.8 Å². The van der Waals surface area contributed by atoms with Crippen LogP contribution < -0.4 is 10.2 Å². The first kappa shape index (κ1) is 19.1. The number of thiazole rings is 1. The van der Waals surface area contributed by atoms with E-state index in [0.29, 0.717) is 18.9 Å². The highest BCUT2D eigenvalue weighted by Crippen LogP contribution is 2.26. The second-order valence-electron chi connectivity index (χ2n) is 7.55. The number of amides is 2. The van der Waals surface area contributed by atoms with Crippen LogP contribution in [0.25, 0.3) is 0 Å². The molecule has 2 heterocycles. The van der Waals surface area contributed by atoms with E-state index in [-0.39, 0.29) is 22.7 Å². The van der Waals surface area contributed by atoms with Crippen molar-refractivity contribution >= 4 is 23.2 Å². The van der Waals surface area contributed by atoms with Crippen molar-refractivity contribution in [2.45, 2.75) is 70.9 Å². The summed E-state index contributed by atoms with van der Waals surface area (Å²) in [6, 6.07) is 0.137. The van der Waals surface area contributed by atoms with Gasteiger partial charge in [0.25, 0.3) is 0 Å². The van der Waals surface area contributed by atoms with Crippen LogP contribution in [-0.2, 0) is 16.1 Å². The number of carbonyl (C=O) groups is 2. The minimum absolute atomic E-state index is 0.00941. The fourth-order valence-electron chi connectivity index (χ4n) is 4.04. The molecule has 26 heavy (non-hydrogen) atoms. The standard InChI is InChI=1S/C19H29N3O3S/c1-14-13-26-19(25)22(14)12-9-17(23)20-16-7-10-21(11-8-16)18(24)15-5-3-2-4-6-15/h13,15-16H,2-12H2,1H3,(H,20,23). The monoisotopic (exact) mass is 379 g/mol. The minimum atomic E-state index is -0.0143. The zero-order valence-corrected chi connectivity index (χ0v) is 16.4. The van der Waals surface area contributed by atoms with Gasteiger partial charge in [-0.1, -0.05) is 30.6 Å². The SMILES string of the molecule is Cc1csc(=O)n1CCC(=O)NC1CCN(C(=O)C2CCCCC2)CC1. The Kier molecular flexibility index (Phi) is 6.51. The predicted octanol–water partition coefficient (Wildman–Crippen LogP) is 2.30. The number of carbonyl (C=O) groups excluding carboxylic acids is 2. The molecular formula is C19H29N3O3S. The molecule has 1 N–H and O–H groups in total. The average molecular weight is 380 g/mol. The number of likely N-dealkylation sites (tertiary alicyclic amines) is 1. The third-order valence-electron chi connectivity index (χ3n) is 5.67. The molecule has 1 saturated heterocycles. The maximum absolute atomic E-state index is 12.6. The predicted molar refractivity (Wildman–Crippen MR) is 102 cm³/mol. The number of hydrogen-bond donors (Lipinski definition) is 1. The molecule has 2 amide bonds. The van der Waals surface area contributed by atoms with Crippen molar-refractivity contribution in [3.05, 3.63) is 20.7 Å². The number of aromatic nitrogens is 1. The molecule has 7 heteroatoms. The summed E-state index contributed by atoms with van der Waals surface area (Å²) in [5.41, 5.74) is 0.905. The molecule has 0 bridgehead atoms. The van der Waals surface area contributed by atoms with Gasteiger partial charge >= 0.3 is 4.87 Å². The number of aryl methyl sites for hydroxylation is 1. The van der Waals surface area contributed by atoms with E-state index >= 15 is 0 Å². The maximum Gasteiger partial charge on any atom is 0.307 e. The molecule has 0 unspecified atom stereocenters. The van der Waals surface area contributed by atoms with Crippen molar-refractivity contribution in [3.8, 4) is 0 Å². The second-order valence-corrected chi connectivity index (χ2v) is 8.37. The number of nitrogens with one attached hydrogen (secondary N) is 1. The Labute approximate surface area is 158 Å². The van der Waals surface area contributed by atoms with E-state index < -0.39 is 0 Å². The fraction of sp³-hybridized carbons (Fsp3) is 0.737. The molecule has 1 aliphatic heterocycles. The first-order chi connectivity index (χ1) is 12.5. The van der Waals surface area contributed by atoms with E-state index in [2.05, 4.69) is 5.32 Å². The van der Waals surface area contributed by atoms with Gasteiger partial charge in [0.05, 0.1) is 0 Å². The molecular weight excluding hydrogens is 350 g/mol. The second kappa shape index (κ2) is 8.84. The molecule has 144 valence electrons. The topological polar surface area (TPSA) is 71.4 Å². The van der Waals surface area contributed by atoms with Crippen LogP contribution in [0.2, 0.25) is 0 Å². The van der Waals surface area contributed by atoms with Crippen LogP contribution >= 0.6 is 11.3 Å². The number of rotatable bonds is 5. The quantitative estimate of drug-likeness (QED) is 0.853. The highest BCUT2D eigenvalue weighted by atomic mass is 32.1. The van der Waals surface area contributed by atoms with Crippen molar-refractivity contribution in [2.24, 2.45) is 5.92 Å². The van der Waals surface area contributed by atoms with Gasteiger partial charge in [0.2, 0.25) is 11.8 Å². The molecule has 6 nitrogen and oxygen atoms in total. The Balaban J connectivity index is 1.40. The Hall–Kier alpha value is -1.63. The van der Waals surface area contributed by atoms with Crippen LogP contribution in [0.1, 0.15) is 57.1 Å². The zero-order chi connectivity index (χ0) is 18.5. The first-order valence-electron chi connectivity index (χ1n) is 9.77. The Morgan fingerprint density at radius 1 is 1.15 bits per heavy atom. The van der Waals surface area contributed by atoms with E-state index in [1.165, 1.54) is 30.6 Å². The van der Waals surface area contributed by atoms with Gasteiger partial charge in [-0.2, -0.15) is 0 Å². The molecule has 1 aliphatic carbocycles. The molecule has 0 atom stereocenters. The lowest BCUT2D eigenvalue weighted by atomic mass is 9.87. The molecule has 1 aromatic heterocycles. The van der Waals surface area contributed by atoms with Crippen LogP contribution in [0.15, 0.2) is 10.2 Å².